The van der Waals surface area contributed by atoms with Crippen LogP contribution in [0, 0.1) is 0 Å². The Morgan fingerprint density at radius 3 is 2.41 bits per heavy atom. The van der Waals surface area contributed by atoms with Gasteiger partial charge in [0.2, 0.25) is 0 Å². The molecule has 1 fully saturated rings. The summed E-state index contributed by atoms with van der Waals surface area (Å²) in [6, 6.07) is 12.3. The average Bonchev–Trinajstić information content (AvgIpc) is 2.99. The summed E-state index contributed by atoms with van der Waals surface area (Å²) in [5, 5.41) is 10.7. The van der Waals surface area contributed by atoms with E-state index in [4.69, 9.17) is 16.3 Å². The molecule has 1 aromatic heterocycles. The smallest absolute Gasteiger partial charge is 0.323 e. The number of halogens is 2. The van der Waals surface area contributed by atoms with Gasteiger partial charge in [-0.3, -0.25) is 9.58 Å². The van der Waals surface area contributed by atoms with Gasteiger partial charge in [-0.1, -0.05) is 24.4 Å². The van der Waals surface area contributed by atoms with Gasteiger partial charge >= 0.3 is 6.03 Å². The predicted octanol–water partition coefficient (Wildman–Crippen LogP) is 6.40. The van der Waals surface area contributed by atoms with E-state index in [0.717, 1.165) is 41.1 Å². The van der Waals surface area contributed by atoms with Crippen LogP contribution in [0.4, 0.5) is 16.2 Å². The molecule has 0 bridgehead atoms. The highest BCUT2D eigenvalue weighted by Crippen LogP contribution is 2.36. The van der Waals surface area contributed by atoms with Crippen LogP contribution in [-0.4, -0.2) is 47.0 Å². The van der Waals surface area contributed by atoms with E-state index in [9.17, 15) is 4.79 Å². The van der Waals surface area contributed by atoms with Crippen LogP contribution in [0.3, 0.4) is 0 Å². The minimum atomic E-state index is -0.341. The topological polar surface area (TPSA) is 71.4 Å². The van der Waals surface area contributed by atoms with Crippen molar-refractivity contribution >= 4 is 44.9 Å². The lowest BCUT2D eigenvalue weighted by molar-refractivity contribution is 0.214. The van der Waals surface area contributed by atoms with Crippen LogP contribution < -0.4 is 15.4 Å². The van der Waals surface area contributed by atoms with Crippen molar-refractivity contribution in [1.82, 2.24) is 14.7 Å². The molecule has 1 aliphatic rings. The van der Waals surface area contributed by atoms with Gasteiger partial charge in [-0.2, -0.15) is 5.10 Å². The quantitative estimate of drug-likeness (QED) is 0.360. The van der Waals surface area contributed by atoms with E-state index in [1.54, 1.807) is 35.1 Å². The number of carbonyl (C=O) groups excluding carboxylic acids is 1. The summed E-state index contributed by atoms with van der Waals surface area (Å²) in [6.07, 6.45) is 6.90. The molecular formula is C25H29BrClN5O2. The molecule has 0 unspecified atom stereocenters. The third-order valence-corrected chi connectivity index (χ3v) is 6.68. The van der Waals surface area contributed by atoms with Gasteiger partial charge in [-0.25, -0.2) is 4.79 Å². The fourth-order valence-corrected chi connectivity index (χ4v) is 4.79. The van der Waals surface area contributed by atoms with Gasteiger partial charge in [0.25, 0.3) is 0 Å². The molecule has 7 nitrogen and oxygen atoms in total. The van der Waals surface area contributed by atoms with Crippen molar-refractivity contribution in [1.29, 1.82) is 0 Å². The first kappa shape index (κ1) is 24.6. The molecule has 2 heterocycles. The molecule has 9 heteroatoms. The summed E-state index contributed by atoms with van der Waals surface area (Å²) in [5.74, 6) is 0.753. The third-order valence-electron chi connectivity index (χ3n) is 5.85. The summed E-state index contributed by atoms with van der Waals surface area (Å²) < 4.78 is 8.88. The van der Waals surface area contributed by atoms with Gasteiger partial charge in [-0.05, 0) is 84.3 Å². The van der Waals surface area contributed by atoms with Crippen LogP contribution >= 0.6 is 27.5 Å². The molecule has 1 aliphatic heterocycles. The first-order chi connectivity index (χ1) is 16.5. The number of carbonyl (C=O) groups is 1. The Labute approximate surface area is 213 Å². The van der Waals surface area contributed by atoms with Gasteiger partial charge in [0, 0.05) is 35.6 Å². The molecule has 0 saturated carbocycles. The Balaban J connectivity index is 1.48. The Morgan fingerprint density at radius 1 is 1.06 bits per heavy atom. The number of amides is 2. The maximum atomic E-state index is 12.5. The van der Waals surface area contributed by atoms with E-state index in [1.165, 1.54) is 25.7 Å². The highest BCUT2D eigenvalue weighted by molar-refractivity contribution is 9.10. The molecule has 2 aromatic carbocycles. The molecule has 2 amide bonds. The second kappa shape index (κ2) is 11.7. The van der Waals surface area contributed by atoms with E-state index >= 15 is 0 Å². The van der Waals surface area contributed by atoms with Crippen LogP contribution in [0.25, 0.3) is 11.3 Å². The van der Waals surface area contributed by atoms with Crippen LogP contribution in [0.5, 0.6) is 5.75 Å². The molecule has 0 radical (unpaired) electrons. The normalized spacial score (nSPS) is 14.4. The van der Waals surface area contributed by atoms with Crippen LogP contribution in [-0.2, 0) is 7.05 Å². The minimum Gasteiger partial charge on any atom is -0.492 e. The fourth-order valence-electron chi connectivity index (χ4n) is 4.10. The molecular weight excluding hydrogens is 518 g/mol. The maximum absolute atomic E-state index is 12.5. The number of anilines is 2. The Morgan fingerprint density at radius 2 is 1.74 bits per heavy atom. The van der Waals surface area contributed by atoms with Gasteiger partial charge in [0.15, 0.2) is 0 Å². The summed E-state index contributed by atoms with van der Waals surface area (Å²) in [4.78, 5) is 15.0. The van der Waals surface area contributed by atoms with Gasteiger partial charge in [-0.15, -0.1) is 0 Å². The standard InChI is InChI=1S/C25H29BrClN5O2/c1-31-24(22(26)17-28-31)21-16-20(30-25(33)29-19-8-6-18(27)7-9-19)10-11-23(21)34-15-14-32-12-4-2-3-5-13-32/h6-11,16-17H,2-5,12-15H2,1H3,(H2,29,30,33). The van der Waals surface area contributed by atoms with E-state index in [1.807, 2.05) is 25.2 Å². The van der Waals surface area contributed by atoms with Gasteiger partial charge < -0.3 is 15.4 Å². The van der Waals surface area contributed by atoms with Crippen LogP contribution in [0.1, 0.15) is 25.7 Å². The number of urea groups is 1. The second-order valence-electron chi connectivity index (χ2n) is 8.37. The van der Waals surface area contributed by atoms with Crippen molar-refractivity contribution in [3.05, 3.63) is 58.2 Å². The lowest BCUT2D eigenvalue weighted by Crippen LogP contribution is -2.29. The molecule has 180 valence electrons. The summed E-state index contributed by atoms with van der Waals surface area (Å²) in [6.45, 7) is 3.77. The highest BCUT2D eigenvalue weighted by Gasteiger charge is 2.17. The zero-order chi connectivity index (χ0) is 23.9. The van der Waals surface area contributed by atoms with Crippen molar-refractivity contribution in [2.75, 3.05) is 36.9 Å². The van der Waals surface area contributed by atoms with E-state index in [2.05, 4.69) is 36.6 Å². The molecule has 1 saturated heterocycles. The van der Waals surface area contributed by atoms with E-state index < -0.39 is 0 Å². The van der Waals surface area contributed by atoms with Crippen LogP contribution in [0.15, 0.2) is 53.1 Å². The van der Waals surface area contributed by atoms with Crippen molar-refractivity contribution in [3.63, 3.8) is 0 Å². The van der Waals surface area contributed by atoms with Crippen molar-refractivity contribution < 1.29 is 9.53 Å². The van der Waals surface area contributed by atoms with Crippen LogP contribution in [0.2, 0.25) is 5.02 Å². The van der Waals surface area contributed by atoms with E-state index in [-0.39, 0.29) is 6.03 Å². The Hall–Kier alpha value is -2.55. The third kappa shape index (κ3) is 6.52. The number of hydrogen-bond donors (Lipinski definition) is 2. The van der Waals surface area contributed by atoms with Gasteiger partial charge in [0.05, 0.1) is 16.4 Å². The molecule has 0 atom stereocenters. The molecule has 0 aliphatic carbocycles. The zero-order valence-corrected chi connectivity index (χ0v) is 21.5. The summed E-state index contributed by atoms with van der Waals surface area (Å²) in [7, 11) is 1.88. The first-order valence-corrected chi connectivity index (χ1v) is 12.7. The number of aromatic nitrogens is 2. The highest BCUT2D eigenvalue weighted by atomic mass is 79.9. The molecule has 2 N–H and O–H groups in total. The van der Waals surface area contributed by atoms with E-state index in [0.29, 0.717) is 23.0 Å². The maximum Gasteiger partial charge on any atom is 0.323 e. The lowest BCUT2D eigenvalue weighted by Gasteiger charge is -2.21. The first-order valence-electron chi connectivity index (χ1n) is 11.5. The van der Waals surface area contributed by atoms with Gasteiger partial charge in [0.1, 0.15) is 12.4 Å². The monoisotopic (exact) mass is 545 g/mol. The summed E-state index contributed by atoms with van der Waals surface area (Å²) >= 11 is 9.51. The van der Waals surface area contributed by atoms with Crippen molar-refractivity contribution in [2.24, 2.45) is 7.05 Å². The summed E-state index contributed by atoms with van der Waals surface area (Å²) in [5.41, 5.74) is 3.04. The number of hydrogen-bond acceptors (Lipinski definition) is 4. The molecule has 34 heavy (non-hydrogen) atoms. The number of benzene rings is 2. The molecule has 4 rings (SSSR count). The largest absolute Gasteiger partial charge is 0.492 e. The minimum absolute atomic E-state index is 0.341. The van der Waals surface area contributed by atoms with Crippen molar-refractivity contribution in [2.45, 2.75) is 25.7 Å². The number of aryl methyl sites for hydroxylation is 1. The average molecular weight is 547 g/mol. The lowest BCUT2D eigenvalue weighted by atomic mass is 10.1. The number of rotatable bonds is 7. The van der Waals surface area contributed by atoms with Crippen molar-refractivity contribution in [3.8, 4) is 17.0 Å². The fraction of sp³-hybridized carbons (Fsp3) is 0.360. The SMILES string of the molecule is Cn1ncc(Br)c1-c1cc(NC(=O)Nc2ccc(Cl)cc2)ccc1OCCN1CCCCCC1. The second-order valence-corrected chi connectivity index (χ2v) is 9.66. The number of ether oxygens (including phenoxy) is 1. The molecule has 0 spiro atoms. The number of nitrogens with one attached hydrogen (secondary N) is 2. The predicted molar refractivity (Wildman–Crippen MR) is 141 cm³/mol. The number of likely N-dealkylation sites (tertiary alicyclic amines) is 1. The Bertz CT molecular complexity index is 1090. The zero-order valence-electron chi connectivity index (χ0n) is 19.2. The Kier molecular flexibility index (Phi) is 8.48. The molecule has 3 aromatic rings. The number of nitrogens with zero attached hydrogens (tertiary/aromatic N) is 3.